The molecule has 0 aliphatic heterocycles. The molecule has 4 heteroatoms. The Morgan fingerprint density at radius 3 is 0.986 bits per heavy atom. The average Bonchev–Trinajstić information content (AvgIpc) is 3.32. The fourth-order valence-electron chi connectivity index (χ4n) is 10.9. The van der Waals surface area contributed by atoms with Crippen LogP contribution < -0.4 is 0 Å². The summed E-state index contributed by atoms with van der Waals surface area (Å²) in [4.78, 5) is 25.5. The molecule has 0 aromatic rings. The predicted octanol–water partition coefficient (Wildman–Crippen LogP) is 21.8. The van der Waals surface area contributed by atoms with Crippen LogP contribution in [-0.4, -0.2) is 24.1 Å². The molecule has 0 aromatic carbocycles. The maximum Gasteiger partial charge on any atom is 0.306 e. The lowest BCUT2D eigenvalue weighted by Crippen LogP contribution is -2.31. The molecule has 0 fully saturated rings. The van der Waals surface area contributed by atoms with Crippen molar-refractivity contribution in [2.24, 2.45) is 10.8 Å². The molecule has 0 spiro atoms. The van der Waals surface area contributed by atoms with E-state index < -0.39 is 0 Å². The molecule has 0 saturated carbocycles. The van der Waals surface area contributed by atoms with Crippen molar-refractivity contribution in [2.75, 3.05) is 0 Å². The number of carbonyl (C=O) groups is 2. The lowest BCUT2D eigenvalue weighted by atomic mass is 9.71. The van der Waals surface area contributed by atoms with E-state index >= 15 is 0 Å². The van der Waals surface area contributed by atoms with Gasteiger partial charge in [-0.3, -0.25) is 9.59 Å². The summed E-state index contributed by atoms with van der Waals surface area (Å²) in [7, 11) is 0. The molecule has 2 atom stereocenters. The van der Waals surface area contributed by atoms with Gasteiger partial charge < -0.3 is 9.47 Å². The summed E-state index contributed by atoms with van der Waals surface area (Å²) in [6.45, 7) is 26.6. The highest BCUT2D eigenvalue weighted by Gasteiger charge is 2.35. The molecule has 0 amide bonds. The number of ether oxygens (including phenoxy) is 2. The Morgan fingerprint density at radius 2 is 0.689 bits per heavy atom. The van der Waals surface area contributed by atoms with Gasteiger partial charge in [0.2, 0.25) is 0 Å². The van der Waals surface area contributed by atoms with E-state index in [1.807, 2.05) is 0 Å². The van der Waals surface area contributed by atoms with E-state index in [9.17, 15) is 9.59 Å². The van der Waals surface area contributed by atoms with Crippen LogP contribution in [0.15, 0.2) is 130 Å². The first kappa shape index (κ1) is 66.2. The normalized spacial score (nSPS) is 19.2. The monoisotopic (exact) mass is 1020 g/mol. The number of unbranched alkanes of at least 4 members (excludes halogenated alkanes) is 22. The molecule has 0 radical (unpaired) electrons. The van der Waals surface area contributed by atoms with Crippen LogP contribution in [0.2, 0.25) is 0 Å². The van der Waals surface area contributed by atoms with Crippen molar-refractivity contribution >= 4 is 11.9 Å². The standard InChI is InChI=1S/C70H112O4/c1-13-15-17-19-21-23-25-26-28-30-32-34-36-48-68(72)74-64-54-62(8)66(70(11,12)56-64)52-50-60(6)46-40-44-58(4)42-38-37-41-57(3)43-39-45-59(5)49-51-65-61(7)53-63(55-69(65,9)10)73-67(71)47-35-33-31-29-27-24-22-20-18-16-14-2/h37-46,49-52,63-64H,13-36,47-48,53-56H2,1-12H3/b38-37+,43-39+,44-40+,51-49+,52-50+,57-41+,58-42+,59-45+,60-46+/t63-,64-/m1/s1. The molecule has 74 heavy (non-hydrogen) atoms. The van der Waals surface area contributed by atoms with Gasteiger partial charge in [-0.2, -0.15) is 0 Å². The second kappa shape index (κ2) is 39.5. The quantitative estimate of drug-likeness (QED) is 0.0351. The van der Waals surface area contributed by atoms with Crippen molar-refractivity contribution in [1.29, 1.82) is 0 Å². The Labute approximate surface area is 457 Å². The van der Waals surface area contributed by atoms with Gasteiger partial charge in [-0.25, -0.2) is 0 Å². The van der Waals surface area contributed by atoms with E-state index in [4.69, 9.17) is 9.47 Å². The van der Waals surface area contributed by atoms with Crippen LogP contribution in [0.25, 0.3) is 0 Å². The molecule has 416 valence electrons. The smallest absolute Gasteiger partial charge is 0.306 e. The first-order valence-corrected chi connectivity index (χ1v) is 30.3. The zero-order valence-electron chi connectivity index (χ0n) is 50.1. The third kappa shape index (κ3) is 31.2. The lowest BCUT2D eigenvalue weighted by Gasteiger charge is -2.37. The molecule has 2 aliphatic rings. The van der Waals surface area contributed by atoms with Gasteiger partial charge in [-0.1, -0.05) is 301 Å². The van der Waals surface area contributed by atoms with Gasteiger partial charge in [0.15, 0.2) is 0 Å². The van der Waals surface area contributed by atoms with Gasteiger partial charge in [0.05, 0.1) is 0 Å². The third-order valence-electron chi connectivity index (χ3n) is 15.3. The minimum Gasteiger partial charge on any atom is -0.462 e. The van der Waals surface area contributed by atoms with Crippen LogP contribution in [0, 0.1) is 10.8 Å². The number of allylic oxidation sites excluding steroid dienone is 20. The van der Waals surface area contributed by atoms with E-state index in [-0.39, 0.29) is 35.0 Å². The Morgan fingerprint density at radius 1 is 0.419 bits per heavy atom. The third-order valence-corrected chi connectivity index (χ3v) is 15.3. The van der Waals surface area contributed by atoms with Gasteiger partial charge in [-0.05, 0) is 89.2 Å². The average molecular weight is 1020 g/mol. The summed E-state index contributed by atoms with van der Waals surface area (Å²) in [5, 5.41) is 0. The fourth-order valence-corrected chi connectivity index (χ4v) is 10.9. The van der Waals surface area contributed by atoms with E-state index in [0.717, 1.165) is 51.4 Å². The highest BCUT2D eigenvalue weighted by molar-refractivity contribution is 5.70. The minimum atomic E-state index is -0.0570. The van der Waals surface area contributed by atoms with Crippen LogP contribution in [0.3, 0.4) is 0 Å². The maximum atomic E-state index is 12.8. The van der Waals surface area contributed by atoms with Crippen LogP contribution in [0.1, 0.15) is 276 Å². The van der Waals surface area contributed by atoms with Crippen molar-refractivity contribution in [3.05, 3.63) is 130 Å². The Balaban J connectivity index is 1.74. The molecule has 2 aliphatic carbocycles. The molecule has 4 nitrogen and oxygen atoms in total. The number of rotatable bonds is 38. The van der Waals surface area contributed by atoms with Gasteiger partial charge in [-0.15, -0.1) is 0 Å². The summed E-state index contributed by atoms with van der Waals surface area (Å²) in [5.41, 5.74) is 9.98. The number of carbonyl (C=O) groups excluding carboxylic acids is 2. The number of hydrogen-bond acceptors (Lipinski definition) is 4. The molecule has 0 bridgehead atoms. The zero-order chi connectivity index (χ0) is 54.5. The second-order valence-electron chi connectivity index (χ2n) is 23.9. The molecule has 2 rings (SSSR count). The molecular weight excluding hydrogens is 905 g/mol. The Kier molecular flexibility index (Phi) is 35.3. The molecule has 0 unspecified atom stereocenters. The van der Waals surface area contributed by atoms with Crippen LogP contribution in [-0.2, 0) is 19.1 Å². The second-order valence-corrected chi connectivity index (χ2v) is 23.9. The molecule has 0 aromatic heterocycles. The molecule has 0 heterocycles. The van der Waals surface area contributed by atoms with Crippen molar-refractivity contribution in [3.8, 4) is 0 Å². The highest BCUT2D eigenvalue weighted by Crippen LogP contribution is 2.43. The lowest BCUT2D eigenvalue weighted by molar-refractivity contribution is -0.151. The van der Waals surface area contributed by atoms with Crippen molar-refractivity contribution in [1.82, 2.24) is 0 Å². The largest absolute Gasteiger partial charge is 0.462 e. The Bertz CT molecular complexity index is 1960. The van der Waals surface area contributed by atoms with Crippen molar-refractivity contribution in [3.63, 3.8) is 0 Å². The van der Waals surface area contributed by atoms with Crippen molar-refractivity contribution < 1.29 is 19.1 Å². The number of hydrogen-bond donors (Lipinski definition) is 0. The summed E-state index contributed by atoms with van der Waals surface area (Å²) in [6.07, 6.45) is 65.7. The number of esters is 2. The minimum absolute atomic E-state index is 0.0254. The maximum absolute atomic E-state index is 12.8. The van der Waals surface area contributed by atoms with Crippen LogP contribution in [0.5, 0.6) is 0 Å². The van der Waals surface area contributed by atoms with Crippen molar-refractivity contribution in [2.45, 2.75) is 288 Å². The van der Waals surface area contributed by atoms with E-state index in [2.05, 4.69) is 168 Å². The highest BCUT2D eigenvalue weighted by atomic mass is 16.5. The van der Waals surface area contributed by atoms with Gasteiger partial charge in [0.25, 0.3) is 0 Å². The van der Waals surface area contributed by atoms with E-state index in [0.29, 0.717) is 12.8 Å². The van der Waals surface area contributed by atoms with Gasteiger partial charge in [0.1, 0.15) is 12.2 Å². The van der Waals surface area contributed by atoms with Gasteiger partial charge >= 0.3 is 11.9 Å². The first-order valence-electron chi connectivity index (χ1n) is 30.3. The molecule has 0 saturated heterocycles. The Hall–Kier alpha value is -3.92. The first-order chi connectivity index (χ1) is 35.5. The predicted molar refractivity (Wildman–Crippen MR) is 323 cm³/mol. The van der Waals surface area contributed by atoms with Gasteiger partial charge in [0, 0.05) is 25.7 Å². The summed E-state index contributed by atoms with van der Waals surface area (Å²) in [6, 6.07) is 0. The van der Waals surface area contributed by atoms with E-state index in [1.165, 1.54) is 173 Å². The summed E-state index contributed by atoms with van der Waals surface area (Å²) >= 11 is 0. The van der Waals surface area contributed by atoms with Crippen LogP contribution in [0.4, 0.5) is 0 Å². The topological polar surface area (TPSA) is 52.6 Å². The molecule has 0 N–H and O–H groups in total. The SMILES string of the molecule is CCCCCCCCCCCCCCCC(=O)O[C@@H]1CC(C)=C(/C=C/C(C)=C/C=C/C(C)=C/C=C/C=C(C)/C=C/C=C(C)/C=C/C2=C(C)C[C@@H](OC(=O)CCCCCCCCCCCCC)CC2(C)C)C(C)(C)C1. The zero-order valence-corrected chi connectivity index (χ0v) is 50.1. The molecular formula is C70H112O4. The summed E-state index contributed by atoms with van der Waals surface area (Å²) < 4.78 is 12.1. The van der Waals surface area contributed by atoms with Crippen LogP contribution >= 0.6 is 0 Å². The summed E-state index contributed by atoms with van der Waals surface area (Å²) in [5.74, 6) is -0.0526. The van der Waals surface area contributed by atoms with E-state index in [1.54, 1.807) is 0 Å². The fraction of sp³-hybridized carbons (Fsp3) is 0.657.